The van der Waals surface area contributed by atoms with Crippen molar-refractivity contribution in [1.82, 2.24) is 14.7 Å². The number of halogens is 1. The Labute approximate surface area is 141 Å². The van der Waals surface area contributed by atoms with E-state index < -0.39 is 0 Å². The Bertz CT molecular complexity index is 910. The number of benzene rings is 1. The maximum absolute atomic E-state index is 12.1. The molecule has 23 heavy (non-hydrogen) atoms. The lowest BCUT2D eigenvalue weighted by atomic mass is 10.1. The summed E-state index contributed by atoms with van der Waals surface area (Å²) in [5.41, 5.74) is 2.75. The van der Waals surface area contributed by atoms with Crippen molar-refractivity contribution in [2.24, 2.45) is 0 Å². The van der Waals surface area contributed by atoms with E-state index in [9.17, 15) is 4.79 Å². The molecule has 0 aliphatic rings. The number of hydrogen-bond donors (Lipinski definition) is 1. The van der Waals surface area contributed by atoms with Gasteiger partial charge in [0.05, 0.1) is 17.3 Å². The van der Waals surface area contributed by atoms with E-state index in [0.29, 0.717) is 24.1 Å². The minimum atomic E-state index is -0.186. The number of hydrogen-bond acceptors (Lipinski definition) is 3. The first-order chi connectivity index (χ1) is 11.2. The van der Waals surface area contributed by atoms with Crippen LogP contribution in [0.25, 0.3) is 5.65 Å². The standard InChI is InChI=1S/C17H13BrN4O/c18-14-4-5-16-21-15(11-22(16)10-14)6-7-20-17(23)13-3-1-2-12(8-13)9-19/h1-5,8,10-11H,6-7H2,(H,20,23). The molecule has 0 aliphatic carbocycles. The van der Waals surface area contributed by atoms with Gasteiger partial charge in [0.25, 0.3) is 5.91 Å². The zero-order chi connectivity index (χ0) is 16.2. The second-order valence-corrected chi connectivity index (χ2v) is 5.96. The second kappa shape index (κ2) is 6.63. The maximum atomic E-state index is 12.1. The summed E-state index contributed by atoms with van der Waals surface area (Å²) < 4.78 is 2.93. The fourth-order valence-electron chi connectivity index (χ4n) is 2.27. The number of fused-ring (bicyclic) bond motifs is 1. The van der Waals surface area contributed by atoms with E-state index in [1.165, 1.54) is 0 Å². The van der Waals surface area contributed by atoms with Crippen molar-refractivity contribution in [2.45, 2.75) is 6.42 Å². The van der Waals surface area contributed by atoms with Gasteiger partial charge in [-0.3, -0.25) is 4.79 Å². The number of amides is 1. The van der Waals surface area contributed by atoms with Crippen molar-refractivity contribution in [3.05, 3.63) is 70.1 Å². The van der Waals surface area contributed by atoms with Gasteiger partial charge in [-0.2, -0.15) is 5.26 Å². The molecule has 2 heterocycles. The highest BCUT2D eigenvalue weighted by molar-refractivity contribution is 9.10. The number of pyridine rings is 1. The molecule has 0 saturated heterocycles. The molecule has 0 spiro atoms. The van der Waals surface area contributed by atoms with Crippen molar-refractivity contribution in [1.29, 1.82) is 5.26 Å². The Hall–Kier alpha value is -2.65. The summed E-state index contributed by atoms with van der Waals surface area (Å²) in [5.74, 6) is -0.186. The van der Waals surface area contributed by atoms with Crippen molar-refractivity contribution < 1.29 is 4.79 Å². The number of aromatic nitrogens is 2. The van der Waals surface area contributed by atoms with Crippen LogP contribution >= 0.6 is 15.9 Å². The molecule has 114 valence electrons. The number of imidazole rings is 1. The first-order valence-corrected chi connectivity index (χ1v) is 7.86. The van der Waals surface area contributed by atoms with Crippen molar-refractivity contribution in [3.63, 3.8) is 0 Å². The molecular weight excluding hydrogens is 356 g/mol. The summed E-state index contributed by atoms with van der Waals surface area (Å²) in [6, 6.07) is 12.5. The average Bonchev–Trinajstić information content (AvgIpc) is 2.96. The van der Waals surface area contributed by atoms with E-state index in [0.717, 1.165) is 15.8 Å². The fraction of sp³-hybridized carbons (Fsp3) is 0.118. The van der Waals surface area contributed by atoms with E-state index in [1.54, 1.807) is 24.3 Å². The van der Waals surface area contributed by atoms with Gasteiger partial charge in [0.1, 0.15) is 5.65 Å². The normalized spacial score (nSPS) is 10.4. The number of nitrogens with zero attached hydrogens (tertiary/aromatic N) is 3. The maximum Gasteiger partial charge on any atom is 0.251 e. The van der Waals surface area contributed by atoms with Gasteiger partial charge >= 0.3 is 0 Å². The highest BCUT2D eigenvalue weighted by Gasteiger charge is 2.07. The lowest BCUT2D eigenvalue weighted by Gasteiger charge is -2.04. The lowest BCUT2D eigenvalue weighted by molar-refractivity contribution is 0.0954. The van der Waals surface area contributed by atoms with Gasteiger partial charge in [-0.1, -0.05) is 6.07 Å². The average molecular weight is 369 g/mol. The minimum absolute atomic E-state index is 0.186. The van der Waals surface area contributed by atoms with Gasteiger partial charge in [0.2, 0.25) is 0 Å². The lowest BCUT2D eigenvalue weighted by Crippen LogP contribution is -2.25. The summed E-state index contributed by atoms with van der Waals surface area (Å²) in [5, 5.41) is 11.7. The third-order valence-electron chi connectivity index (χ3n) is 3.39. The molecule has 6 heteroatoms. The Balaban J connectivity index is 1.61. The molecule has 2 aromatic heterocycles. The third kappa shape index (κ3) is 3.58. The van der Waals surface area contributed by atoms with Gasteiger partial charge in [0.15, 0.2) is 0 Å². The van der Waals surface area contributed by atoms with Crippen LogP contribution in [0.1, 0.15) is 21.6 Å². The molecule has 0 unspecified atom stereocenters. The molecule has 3 aromatic rings. The summed E-state index contributed by atoms with van der Waals surface area (Å²) in [6.07, 6.45) is 4.53. The Morgan fingerprint density at radius 1 is 1.30 bits per heavy atom. The highest BCUT2D eigenvalue weighted by atomic mass is 79.9. The van der Waals surface area contributed by atoms with E-state index in [2.05, 4.69) is 26.2 Å². The van der Waals surface area contributed by atoms with Crippen LogP contribution in [0.3, 0.4) is 0 Å². The molecule has 3 rings (SSSR count). The molecule has 0 fully saturated rings. The summed E-state index contributed by atoms with van der Waals surface area (Å²) >= 11 is 3.42. The Morgan fingerprint density at radius 3 is 3.00 bits per heavy atom. The van der Waals surface area contributed by atoms with Crippen LogP contribution < -0.4 is 5.32 Å². The van der Waals surface area contributed by atoms with Gasteiger partial charge in [-0.05, 0) is 46.3 Å². The minimum Gasteiger partial charge on any atom is -0.352 e. The zero-order valence-corrected chi connectivity index (χ0v) is 13.7. The quantitative estimate of drug-likeness (QED) is 0.769. The molecule has 1 aromatic carbocycles. The number of nitriles is 1. The van der Waals surface area contributed by atoms with Crippen LogP contribution in [0.5, 0.6) is 0 Å². The van der Waals surface area contributed by atoms with Gasteiger partial charge in [-0.15, -0.1) is 0 Å². The van der Waals surface area contributed by atoms with Crippen LogP contribution in [-0.4, -0.2) is 21.8 Å². The summed E-state index contributed by atoms with van der Waals surface area (Å²) in [6.45, 7) is 0.487. The van der Waals surface area contributed by atoms with Gasteiger partial charge < -0.3 is 9.72 Å². The first-order valence-electron chi connectivity index (χ1n) is 7.07. The molecule has 0 saturated carbocycles. The van der Waals surface area contributed by atoms with Gasteiger partial charge in [0, 0.05) is 35.4 Å². The molecule has 0 atom stereocenters. The molecule has 0 aliphatic heterocycles. The first kappa shape index (κ1) is 15.3. The number of carbonyl (C=O) groups is 1. The van der Waals surface area contributed by atoms with E-state index >= 15 is 0 Å². The second-order valence-electron chi connectivity index (χ2n) is 5.04. The predicted molar refractivity (Wildman–Crippen MR) is 90.1 cm³/mol. The summed E-state index contributed by atoms with van der Waals surface area (Å²) in [7, 11) is 0. The van der Waals surface area contributed by atoms with E-state index in [-0.39, 0.29) is 5.91 Å². The smallest absolute Gasteiger partial charge is 0.251 e. The molecule has 5 nitrogen and oxygen atoms in total. The van der Waals surface area contributed by atoms with Crippen molar-refractivity contribution in [2.75, 3.05) is 6.54 Å². The molecule has 0 radical (unpaired) electrons. The number of carbonyl (C=O) groups excluding carboxylic acids is 1. The largest absolute Gasteiger partial charge is 0.352 e. The molecule has 0 bridgehead atoms. The number of rotatable bonds is 4. The van der Waals surface area contributed by atoms with Crippen molar-refractivity contribution in [3.8, 4) is 6.07 Å². The molecular formula is C17H13BrN4O. The topological polar surface area (TPSA) is 70.2 Å². The van der Waals surface area contributed by atoms with Crippen LogP contribution in [-0.2, 0) is 6.42 Å². The van der Waals surface area contributed by atoms with Crippen molar-refractivity contribution >= 4 is 27.5 Å². The zero-order valence-electron chi connectivity index (χ0n) is 12.2. The highest BCUT2D eigenvalue weighted by Crippen LogP contribution is 2.12. The molecule has 1 amide bonds. The SMILES string of the molecule is N#Cc1cccc(C(=O)NCCc2cn3cc(Br)ccc3n2)c1. The number of nitrogens with one attached hydrogen (secondary N) is 1. The van der Waals surface area contributed by atoms with Crippen LogP contribution in [0.15, 0.2) is 53.3 Å². The van der Waals surface area contributed by atoms with Crippen LogP contribution in [0, 0.1) is 11.3 Å². The van der Waals surface area contributed by atoms with Crippen LogP contribution in [0.4, 0.5) is 0 Å². The van der Waals surface area contributed by atoms with Crippen LogP contribution in [0.2, 0.25) is 0 Å². The summed E-state index contributed by atoms with van der Waals surface area (Å²) in [4.78, 5) is 16.6. The predicted octanol–water partition coefficient (Wildman–Crippen LogP) is 2.94. The fourth-order valence-corrected chi connectivity index (χ4v) is 2.63. The van der Waals surface area contributed by atoms with E-state index in [4.69, 9.17) is 5.26 Å². The third-order valence-corrected chi connectivity index (χ3v) is 3.85. The molecule has 1 N–H and O–H groups in total. The van der Waals surface area contributed by atoms with E-state index in [1.807, 2.05) is 35.0 Å². The Kier molecular flexibility index (Phi) is 4.40. The van der Waals surface area contributed by atoms with Gasteiger partial charge in [-0.25, -0.2) is 4.98 Å². The monoisotopic (exact) mass is 368 g/mol. The Morgan fingerprint density at radius 2 is 2.17 bits per heavy atom.